The van der Waals surface area contributed by atoms with E-state index in [1.54, 1.807) is 6.07 Å². The summed E-state index contributed by atoms with van der Waals surface area (Å²) in [5.74, 6) is 0.804. The summed E-state index contributed by atoms with van der Waals surface area (Å²) in [6, 6.07) is 12.0. The molecular formula is C14H14ClN3. The standard InChI is InChI=1S/C14H14ClN3/c15-12-5-2-6-13(18-12)17-9-11-4-1-3-10-7-8-16-14(10)11/h1-6,16H,7-9H2,(H,17,18). The Balaban J connectivity index is 1.76. The molecule has 4 heteroatoms. The number of rotatable bonds is 3. The fraction of sp³-hybridized carbons (Fsp3) is 0.214. The second-order valence-electron chi connectivity index (χ2n) is 4.33. The average molecular weight is 260 g/mol. The van der Waals surface area contributed by atoms with Crippen LogP contribution in [-0.4, -0.2) is 11.5 Å². The molecule has 0 saturated carbocycles. The summed E-state index contributed by atoms with van der Waals surface area (Å²) in [6.45, 7) is 1.78. The summed E-state index contributed by atoms with van der Waals surface area (Å²) < 4.78 is 0. The van der Waals surface area contributed by atoms with Crippen LogP contribution in [-0.2, 0) is 13.0 Å². The van der Waals surface area contributed by atoms with Crippen molar-refractivity contribution >= 4 is 23.1 Å². The van der Waals surface area contributed by atoms with Gasteiger partial charge in [-0.2, -0.15) is 0 Å². The summed E-state index contributed by atoms with van der Waals surface area (Å²) in [5, 5.41) is 7.24. The van der Waals surface area contributed by atoms with E-state index in [4.69, 9.17) is 11.6 Å². The number of anilines is 2. The predicted octanol–water partition coefficient (Wildman–Crippen LogP) is 3.32. The van der Waals surface area contributed by atoms with Crippen LogP contribution < -0.4 is 10.6 Å². The highest BCUT2D eigenvalue weighted by atomic mass is 35.5. The summed E-state index contributed by atoms with van der Waals surface area (Å²) >= 11 is 5.86. The molecule has 0 radical (unpaired) electrons. The highest BCUT2D eigenvalue weighted by molar-refractivity contribution is 6.29. The lowest BCUT2D eigenvalue weighted by Crippen LogP contribution is -2.04. The van der Waals surface area contributed by atoms with Crippen LogP contribution in [0.5, 0.6) is 0 Å². The van der Waals surface area contributed by atoms with Gasteiger partial charge in [0.2, 0.25) is 0 Å². The van der Waals surface area contributed by atoms with Gasteiger partial charge in [-0.3, -0.25) is 0 Å². The van der Waals surface area contributed by atoms with E-state index in [1.165, 1.54) is 16.8 Å². The van der Waals surface area contributed by atoms with Gasteiger partial charge in [0.1, 0.15) is 11.0 Å². The molecule has 0 atom stereocenters. The molecular weight excluding hydrogens is 246 g/mol. The van der Waals surface area contributed by atoms with Crippen LogP contribution in [0.4, 0.5) is 11.5 Å². The number of fused-ring (bicyclic) bond motifs is 1. The molecule has 2 aromatic rings. The van der Waals surface area contributed by atoms with E-state index in [0.717, 1.165) is 25.3 Å². The Bertz CT molecular complexity index is 569. The van der Waals surface area contributed by atoms with Crippen molar-refractivity contribution in [3.8, 4) is 0 Å². The number of halogens is 1. The molecule has 18 heavy (non-hydrogen) atoms. The minimum atomic E-state index is 0.511. The smallest absolute Gasteiger partial charge is 0.131 e. The van der Waals surface area contributed by atoms with Crippen molar-refractivity contribution in [1.82, 2.24) is 4.98 Å². The third kappa shape index (κ3) is 2.27. The Hall–Kier alpha value is -1.74. The van der Waals surface area contributed by atoms with E-state index in [2.05, 4.69) is 33.8 Å². The maximum absolute atomic E-state index is 5.86. The Morgan fingerprint density at radius 1 is 1.22 bits per heavy atom. The van der Waals surface area contributed by atoms with Crippen LogP contribution >= 0.6 is 11.6 Å². The summed E-state index contributed by atoms with van der Waals surface area (Å²) in [5.41, 5.74) is 3.94. The Morgan fingerprint density at radius 2 is 2.11 bits per heavy atom. The zero-order chi connectivity index (χ0) is 12.4. The fourth-order valence-electron chi connectivity index (χ4n) is 2.25. The predicted molar refractivity (Wildman–Crippen MR) is 75.2 cm³/mol. The first-order valence-electron chi connectivity index (χ1n) is 6.04. The zero-order valence-electron chi connectivity index (χ0n) is 9.91. The number of hydrogen-bond acceptors (Lipinski definition) is 3. The van der Waals surface area contributed by atoms with Gasteiger partial charge < -0.3 is 10.6 Å². The van der Waals surface area contributed by atoms with E-state index in [9.17, 15) is 0 Å². The third-order valence-corrected chi connectivity index (χ3v) is 3.32. The molecule has 1 aromatic carbocycles. The minimum absolute atomic E-state index is 0.511. The van der Waals surface area contributed by atoms with Gasteiger partial charge in [0.15, 0.2) is 0 Å². The average Bonchev–Trinajstić information content (AvgIpc) is 2.85. The number of aromatic nitrogens is 1. The van der Waals surface area contributed by atoms with E-state index >= 15 is 0 Å². The fourth-order valence-corrected chi connectivity index (χ4v) is 2.41. The molecule has 0 amide bonds. The maximum Gasteiger partial charge on any atom is 0.131 e. The lowest BCUT2D eigenvalue weighted by Gasteiger charge is -2.10. The second kappa shape index (κ2) is 4.86. The van der Waals surface area contributed by atoms with Crippen molar-refractivity contribution < 1.29 is 0 Å². The van der Waals surface area contributed by atoms with Gasteiger partial charge >= 0.3 is 0 Å². The van der Waals surface area contributed by atoms with Crippen molar-refractivity contribution in [3.05, 3.63) is 52.7 Å². The molecule has 0 aliphatic carbocycles. The minimum Gasteiger partial charge on any atom is -0.384 e. The molecule has 92 valence electrons. The Morgan fingerprint density at radius 3 is 3.00 bits per heavy atom. The highest BCUT2D eigenvalue weighted by Gasteiger charge is 2.13. The molecule has 2 heterocycles. The van der Waals surface area contributed by atoms with Gasteiger partial charge in [-0.15, -0.1) is 0 Å². The third-order valence-electron chi connectivity index (χ3n) is 3.11. The summed E-state index contributed by atoms with van der Waals surface area (Å²) in [6.07, 6.45) is 1.11. The first-order chi connectivity index (χ1) is 8.83. The summed E-state index contributed by atoms with van der Waals surface area (Å²) in [7, 11) is 0. The van der Waals surface area contributed by atoms with Gasteiger partial charge in [0, 0.05) is 18.8 Å². The molecule has 1 aliphatic rings. The highest BCUT2D eigenvalue weighted by Crippen LogP contribution is 2.26. The van der Waals surface area contributed by atoms with Gasteiger partial charge in [0.25, 0.3) is 0 Å². The van der Waals surface area contributed by atoms with Gasteiger partial charge in [-0.05, 0) is 29.7 Å². The lowest BCUT2D eigenvalue weighted by molar-refractivity contribution is 1.11. The largest absolute Gasteiger partial charge is 0.384 e. The molecule has 0 bridgehead atoms. The van der Waals surface area contributed by atoms with Crippen LogP contribution in [0, 0.1) is 0 Å². The van der Waals surface area contributed by atoms with Crippen molar-refractivity contribution in [2.75, 3.05) is 17.2 Å². The zero-order valence-corrected chi connectivity index (χ0v) is 10.7. The van der Waals surface area contributed by atoms with Crippen LogP contribution in [0.1, 0.15) is 11.1 Å². The van der Waals surface area contributed by atoms with Crippen molar-refractivity contribution in [2.45, 2.75) is 13.0 Å². The molecule has 2 N–H and O–H groups in total. The van der Waals surface area contributed by atoms with Crippen LogP contribution in [0.3, 0.4) is 0 Å². The molecule has 0 unspecified atom stereocenters. The van der Waals surface area contributed by atoms with Gasteiger partial charge in [0.05, 0.1) is 0 Å². The second-order valence-corrected chi connectivity index (χ2v) is 4.71. The molecule has 0 spiro atoms. The quantitative estimate of drug-likeness (QED) is 0.831. The molecule has 0 fully saturated rings. The van der Waals surface area contributed by atoms with E-state index in [-0.39, 0.29) is 0 Å². The van der Waals surface area contributed by atoms with Crippen LogP contribution in [0.2, 0.25) is 5.15 Å². The summed E-state index contributed by atoms with van der Waals surface area (Å²) in [4.78, 5) is 4.22. The maximum atomic E-state index is 5.86. The van der Waals surface area contributed by atoms with E-state index < -0.39 is 0 Å². The topological polar surface area (TPSA) is 37.0 Å². The molecule has 1 aromatic heterocycles. The van der Waals surface area contributed by atoms with Crippen LogP contribution in [0.25, 0.3) is 0 Å². The number of hydrogen-bond donors (Lipinski definition) is 2. The monoisotopic (exact) mass is 259 g/mol. The van der Waals surface area contributed by atoms with Gasteiger partial charge in [-0.25, -0.2) is 4.98 Å². The molecule has 1 aliphatic heterocycles. The van der Waals surface area contributed by atoms with E-state index in [0.29, 0.717) is 5.15 Å². The first-order valence-corrected chi connectivity index (χ1v) is 6.42. The van der Waals surface area contributed by atoms with Crippen molar-refractivity contribution in [2.24, 2.45) is 0 Å². The van der Waals surface area contributed by atoms with E-state index in [1.807, 2.05) is 12.1 Å². The molecule has 3 nitrogen and oxygen atoms in total. The van der Waals surface area contributed by atoms with Crippen molar-refractivity contribution in [3.63, 3.8) is 0 Å². The number of para-hydroxylation sites is 1. The molecule has 0 saturated heterocycles. The van der Waals surface area contributed by atoms with Crippen LogP contribution in [0.15, 0.2) is 36.4 Å². The number of nitrogens with one attached hydrogen (secondary N) is 2. The SMILES string of the molecule is Clc1cccc(NCc2cccc3c2NCC3)n1. The Labute approximate surface area is 111 Å². The number of benzene rings is 1. The number of pyridine rings is 1. The first kappa shape index (κ1) is 11.4. The van der Waals surface area contributed by atoms with Gasteiger partial charge in [-0.1, -0.05) is 35.9 Å². The molecule has 3 rings (SSSR count). The normalized spacial score (nSPS) is 12.9. The lowest BCUT2D eigenvalue weighted by atomic mass is 10.1. The Kier molecular flexibility index (Phi) is 3.07. The number of nitrogens with zero attached hydrogens (tertiary/aromatic N) is 1. The van der Waals surface area contributed by atoms with Crippen molar-refractivity contribution in [1.29, 1.82) is 0 Å².